The van der Waals surface area contributed by atoms with Crippen molar-refractivity contribution in [1.29, 1.82) is 0 Å². The largest absolute Gasteiger partial charge is 0.332 e. The van der Waals surface area contributed by atoms with Crippen molar-refractivity contribution in [3.05, 3.63) is 61.8 Å². The molecule has 24 heavy (non-hydrogen) atoms. The predicted molar refractivity (Wildman–Crippen MR) is 91.5 cm³/mol. The van der Waals surface area contributed by atoms with Crippen molar-refractivity contribution >= 4 is 11.8 Å². The number of amides is 2. The van der Waals surface area contributed by atoms with E-state index in [1.807, 2.05) is 38.1 Å². The van der Waals surface area contributed by atoms with Gasteiger partial charge in [-0.3, -0.25) is 19.2 Å². The van der Waals surface area contributed by atoms with E-state index >= 15 is 0 Å². The van der Waals surface area contributed by atoms with E-state index in [0.717, 1.165) is 11.1 Å². The van der Waals surface area contributed by atoms with Crippen molar-refractivity contribution in [3.8, 4) is 0 Å². The molecule has 0 bridgehead atoms. The molecule has 2 aromatic rings. The van der Waals surface area contributed by atoms with Crippen LogP contribution >= 0.6 is 0 Å². The molecule has 126 valence electrons. The zero-order chi connectivity index (χ0) is 17.4. The molecule has 2 N–H and O–H groups in total. The van der Waals surface area contributed by atoms with Gasteiger partial charge in [0.1, 0.15) is 5.82 Å². The molecule has 1 aromatic carbocycles. The van der Waals surface area contributed by atoms with Crippen molar-refractivity contribution in [2.24, 2.45) is 0 Å². The summed E-state index contributed by atoms with van der Waals surface area (Å²) in [6, 6.07) is 6.61. The minimum Gasteiger partial charge on any atom is -0.327 e. The standard InChI is InChI=1S/C17H20N4O3/c1-4-20-14-12(15(22)21(5-2)17(20)24)13(18-16(23)19-14)11-8-6-7-10(3)9-11/h6-9,13H,4-5H2,1-3H3,(H2,18,19,23). The number of carbonyl (C=O) groups excluding carboxylic acids is 1. The molecule has 1 aromatic heterocycles. The van der Waals surface area contributed by atoms with Crippen molar-refractivity contribution < 1.29 is 4.79 Å². The first-order valence-corrected chi connectivity index (χ1v) is 7.99. The van der Waals surface area contributed by atoms with Crippen LogP contribution < -0.4 is 21.9 Å². The maximum Gasteiger partial charge on any atom is 0.332 e. The SMILES string of the molecule is CCn1c2c(c(=O)n(CC)c1=O)C(c1cccc(C)c1)NC(=O)N2. The summed E-state index contributed by atoms with van der Waals surface area (Å²) in [5, 5.41) is 5.43. The van der Waals surface area contributed by atoms with E-state index < -0.39 is 17.8 Å². The van der Waals surface area contributed by atoms with E-state index in [1.54, 1.807) is 6.92 Å². The summed E-state index contributed by atoms with van der Waals surface area (Å²) >= 11 is 0. The second-order valence-corrected chi connectivity index (χ2v) is 5.78. The third-order valence-corrected chi connectivity index (χ3v) is 4.27. The zero-order valence-electron chi connectivity index (χ0n) is 13.9. The Morgan fingerprint density at radius 1 is 1.08 bits per heavy atom. The van der Waals surface area contributed by atoms with Crippen molar-refractivity contribution in [3.63, 3.8) is 0 Å². The van der Waals surface area contributed by atoms with Gasteiger partial charge in [-0.1, -0.05) is 29.8 Å². The third kappa shape index (κ3) is 2.42. The lowest BCUT2D eigenvalue weighted by Crippen LogP contribution is -2.50. The monoisotopic (exact) mass is 328 g/mol. The Hall–Kier alpha value is -2.83. The molecule has 0 radical (unpaired) electrons. The van der Waals surface area contributed by atoms with Crippen LogP contribution in [0.3, 0.4) is 0 Å². The average Bonchev–Trinajstić information content (AvgIpc) is 2.55. The third-order valence-electron chi connectivity index (χ3n) is 4.27. The van der Waals surface area contributed by atoms with Crippen LogP contribution in [-0.4, -0.2) is 15.2 Å². The summed E-state index contributed by atoms with van der Waals surface area (Å²) in [6.45, 7) is 6.15. The normalized spacial score (nSPS) is 16.3. The molecule has 0 fully saturated rings. The Balaban J connectivity index is 2.35. The predicted octanol–water partition coefficient (Wildman–Crippen LogP) is 1.58. The summed E-state index contributed by atoms with van der Waals surface area (Å²) in [4.78, 5) is 37.4. The second-order valence-electron chi connectivity index (χ2n) is 5.78. The van der Waals surface area contributed by atoms with Gasteiger partial charge in [0, 0.05) is 13.1 Å². The highest BCUT2D eigenvalue weighted by Crippen LogP contribution is 2.28. The van der Waals surface area contributed by atoms with Crippen molar-refractivity contribution in [1.82, 2.24) is 14.5 Å². The molecule has 0 aliphatic carbocycles. The molecule has 1 aliphatic heterocycles. The van der Waals surface area contributed by atoms with E-state index in [9.17, 15) is 14.4 Å². The summed E-state index contributed by atoms with van der Waals surface area (Å²) in [5.74, 6) is 0.285. The highest BCUT2D eigenvalue weighted by Gasteiger charge is 2.32. The van der Waals surface area contributed by atoms with E-state index in [4.69, 9.17) is 0 Å². The number of benzene rings is 1. The van der Waals surface area contributed by atoms with E-state index in [1.165, 1.54) is 9.13 Å². The molecule has 1 unspecified atom stereocenters. The number of nitrogens with zero attached hydrogens (tertiary/aromatic N) is 2. The lowest BCUT2D eigenvalue weighted by atomic mass is 9.97. The lowest BCUT2D eigenvalue weighted by molar-refractivity contribution is 0.248. The molecule has 0 spiro atoms. The Morgan fingerprint density at radius 2 is 1.79 bits per heavy atom. The van der Waals surface area contributed by atoms with Crippen LogP contribution in [0.4, 0.5) is 10.6 Å². The highest BCUT2D eigenvalue weighted by molar-refractivity contribution is 5.92. The van der Waals surface area contributed by atoms with Crippen molar-refractivity contribution in [2.45, 2.75) is 39.9 Å². The Morgan fingerprint density at radius 3 is 2.42 bits per heavy atom. The Kier molecular flexibility index (Phi) is 4.01. The number of fused-ring (bicyclic) bond motifs is 1. The molecule has 7 heteroatoms. The summed E-state index contributed by atoms with van der Waals surface area (Å²) in [5.41, 5.74) is 1.45. The molecule has 0 saturated carbocycles. The van der Waals surface area contributed by atoms with Crippen LogP contribution in [0.5, 0.6) is 0 Å². The van der Waals surface area contributed by atoms with Crippen molar-refractivity contribution in [2.75, 3.05) is 5.32 Å². The fourth-order valence-electron chi connectivity index (χ4n) is 3.13. The topological polar surface area (TPSA) is 85.1 Å². The molecular formula is C17H20N4O3. The van der Waals surface area contributed by atoms with E-state index in [-0.39, 0.29) is 17.9 Å². The van der Waals surface area contributed by atoms with Crippen LogP contribution in [0.15, 0.2) is 33.9 Å². The number of carbonyl (C=O) groups is 1. The van der Waals surface area contributed by atoms with Crippen LogP contribution in [0.2, 0.25) is 0 Å². The van der Waals surface area contributed by atoms with Gasteiger partial charge in [-0.25, -0.2) is 9.59 Å². The fourth-order valence-corrected chi connectivity index (χ4v) is 3.13. The Labute approximate surface area is 138 Å². The number of aryl methyl sites for hydroxylation is 1. The van der Waals surface area contributed by atoms with Gasteiger partial charge in [0.25, 0.3) is 5.56 Å². The van der Waals surface area contributed by atoms with Gasteiger partial charge in [-0.2, -0.15) is 0 Å². The maximum absolute atomic E-state index is 12.9. The second kappa shape index (κ2) is 5.99. The van der Waals surface area contributed by atoms with Gasteiger partial charge in [-0.15, -0.1) is 0 Å². The molecule has 1 aliphatic rings. The van der Waals surface area contributed by atoms with Crippen LogP contribution in [-0.2, 0) is 13.1 Å². The molecular weight excluding hydrogens is 308 g/mol. The van der Waals surface area contributed by atoms with Gasteiger partial charge in [0.05, 0.1) is 11.6 Å². The summed E-state index contributed by atoms with van der Waals surface area (Å²) in [7, 11) is 0. The molecule has 7 nitrogen and oxygen atoms in total. The van der Waals surface area contributed by atoms with Gasteiger partial charge in [0.15, 0.2) is 0 Å². The molecule has 3 rings (SSSR count). The maximum atomic E-state index is 12.9. The zero-order valence-corrected chi connectivity index (χ0v) is 13.9. The quantitative estimate of drug-likeness (QED) is 0.897. The number of hydrogen-bond donors (Lipinski definition) is 2. The molecule has 2 amide bonds. The van der Waals surface area contributed by atoms with Gasteiger partial charge >= 0.3 is 11.7 Å². The number of hydrogen-bond acceptors (Lipinski definition) is 3. The Bertz CT molecular complexity index is 926. The number of rotatable bonds is 3. The summed E-state index contributed by atoms with van der Waals surface area (Å²) < 4.78 is 2.63. The van der Waals surface area contributed by atoms with E-state index in [0.29, 0.717) is 12.1 Å². The van der Waals surface area contributed by atoms with Crippen LogP contribution in [0.1, 0.15) is 36.6 Å². The molecule has 0 saturated heterocycles. The number of nitrogens with one attached hydrogen (secondary N) is 2. The highest BCUT2D eigenvalue weighted by atomic mass is 16.2. The minimum absolute atomic E-state index is 0.277. The molecule has 1 atom stereocenters. The first-order chi connectivity index (χ1) is 11.5. The van der Waals surface area contributed by atoms with Gasteiger partial charge in [0.2, 0.25) is 0 Å². The molecule has 2 heterocycles. The fraction of sp³-hybridized carbons (Fsp3) is 0.353. The smallest absolute Gasteiger partial charge is 0.327 e. The minimum atomic E-state index is -0.586. The number of urea groups is 1. The first-order valence-electron chi connectivity index (χ1n) is 7.99. The van der Waals surface area contributed by atoms with Gasteiger partial charge in [-0.05, 0) is 26.3 Å². The number of anilines is 1. The average molecular weight is 328 g/mol. The first kappa shape index (κ1) is 16.0. The van der Waals surface area contributed by atoms with Crippen LogP contribution in [0, 0.1) is 6.92 Å². The lowest BCUT2D eigenvalue weighted by Gasteiger charge is -2.29. The summed E-state index contributed by atoms with van der Waals surface area (Å²) in [6.07, 6.45) is 0. The van der Waals surface area contributed by atoms with Gasteiger partial charge < -0.3 is 5.32 Å². The van der Waals surface area contributed by atoms with Crippen LogP contribution in [0.25, 0.3) is 0 Å². The number of aromatic nitrogens is 2. The van der Waals surface area contributed by atoms with E-state index in [2.05, 4.69) is 10.6 Å².